The molecule has 1 aliphatic carbocycles. The van der Waals surface area contributed by atoms with Crippen molar-refractivity contribution in [2.24, 2.45) is 0 Å². The van der Waals surface area contributed by atoms with Gasteiger partial charge in [0, 0.05) is 18.8 Å². The second-order valence-corrected chi connectivity index (χ2v) is 4.66. The molecule has 1 saturated carbocycles. The lowest BCUT2D eigenvalue weighted by Crippen LogP contribution is -2.35. The third kappa shape index (κ3) is 3.82. The van der Waals surface area contributed by atoms with Crippen LogP contribution < -0.4 is 10.6 Å². The van der Waals surface area contributed by atoms with Gasteiger partial charge in [-0.3, -0.25) is 4.79 Å². The Labute approximate surface area is 108 Å². The second kappa shape index (κ2) is 6.52. The average Bonchev–Trinajstić information content (AvgIpc) is 2.85. The van der Waals surface area contributed by atoms with Crippen molar-refractivity contribution >= 4 is 11.6 Å². The summed E-state index contributed by atoms with van der Waals surface area (Å²) in [6.45, 7) is 0.357. The predicted molar refractivity (Wildman–Crippen MR) is 71.5 cm³/mol. The van der Waals surface area contributed by atoms with E-state index in [1.165, 1.54) is 0 Å². The average molecular weight is 248 g/mol. The van der Waals surface area contributed by atoms with E-state index in [1.54, 1.807) is 7.11 Å². The van der Waals surface area contributed by atoms with Crippen LogP contribution in [0.2, 0.25) is 0 Å². The molecule has 0 heterocycles. The van der Waals surface area contributed by atoms with Gasteiger partial charge in [0.2, 0.25) is 5.91 Å². The number of carbonyl (C=O) groups excluding carboxylic acids is 1. The van der Waals surface area contributed by atoms with E-state index in [0.717, 1.165) is 24.9 Å². The number of amides is 1. The number of rotatable bonds is 5. The third-order valence-corrected chi connectivity index (χ3v) is 3.33. The molecule has 0 saturated heterocycles. The van der Waals surface area contributed by atoms with Gasteiger partial charge in [-0.15, -0.1) is 0 Å². The molecule has 4 nitrogen and oxygen atoms in total. The molecule has 0 aromatic heterocycles. The van der Waals surface area contributed by atoms with Crippen LogP contribution in [0.5, 0.6) is 0 Å². The Balaban J connectivity index is 1.69. The van der Waals surface area contributed by atoms with Gasteiger partial charge >= 0.3 is 0 Å². The minimum Gasteiger partial charge on any atom is -0.381 e. The number of methoxy groups -OCH3 is 1. The van der Waals surface area contributed by atoms with Crippen LogP contribution in [0.15, 0.2) is 30.3 Å². The summed E-state index contributed by atoms with van der Waals surface area (Å²) >= 11 is 0. The van der Waals surface area contributed by atoms with E-state index in [0.29, 0.717) is 18.7 Å². The normalized spacial score (nSPS) is 22.9. The van der Waals surface area contributed by atoms with E-state index in [-0.39, 0.29) is 5.91 Å². The summed E-state index contributed by atoms with van der Waals surface area (Å²) in [5.74, 6) is 0.00191. The maximum Gasteiger partial charge on any atom is 0.238 e. The molecule has 2 N–H and O–H groups in total. The quantitative estimate of drug-likeness (QED) is 0.835. The topological polar surface area (TPSA) is 50.4 Å². The molecule has 2 rings (SSSR count). The zero-order chi connectivity index (χ0) is 12.8. The first-order valence-corrected chi connectivity index (χ1v) is 6.39. The van der Waals surface area contributed by atoms with Gasteiger partial charge < -0.3 is 15.4 Å². The van der Waals surface area contributed by atoms with Gasteiger partial charge in [0.1, 0.15) is 0 Å². The Morgan fingerprint density at radius 2 is 2.11 bits per heavy atom. The molecule has 0 radical (unpaired) electrons. The number of hydrogen-bond donors (Lipinski definition) is 2. The number of hydrogen-bond acceptors (Lipinski definition) is 3. The van der Waals surface area contributed by atoms with Crippen molar-refractivity contribution in [3.8, 4) is 0 Å². The number of nitrogens with one attached hydrogen (secondary N) is 2. The van der Waals surface area contributed by atoms with Gasteiger partial charge in [0.25, 0.3) is 0 Å². The lowest BCUT2D eigenvalue weighted by molar-refractivity contribution is -0.115. The van der Waals surface area contributed by atoms with Crippen LogP contribution in [-0.4, -0.2) is 31.7 Å². The summed E-state index contributed by atoms with van der Waals surface area (Å²) in [4.78, 5) is 11.7. The minimum absolute atomic E-state index is 0.00191. The molecule has 18 heavy (non-hydrogen) atoms. The first-order valence-electron chi connectivity index (χ1n) is 6.39. The molecule has 0 spiro atoms. The van der Waals surface area contributed by atoms with Crippen molar-refractivity contribution in [2.45, 2.75) is 31.4 Å². The molecular formula is C14H20N2O2. The summed E-state index contributed by atoms with van der Waals surface area (Å²) < 4.78 is 5.30. The first kappa shape index (κ1) is 13.1. The van der Waals surface area contributed by atoms with Crippen LogP contribution in [0.3, 0.4) is 0 Å². The molecule has 1 aliphatic rings. The highest BCUT2D eigenvalue weighted by Crippen LogP contribution is 2.21. The highest BCUT2D eigenvalue weighted by molar-refractivity contribution is 5.92. The number of benzene rings is 1. The number of carbonyl (C=O) groups is 1. The van der Waals surface area contributed by atoms with E-state index < -0.39 is 0 Å². The van der Waals surface area contributed by atoms with Crippen LogP contribution in [0.4, 0.5) is 5.69 Å². The SMILES string of the molecule is COC1CCC(NCC(=O)Nc2ccccc2)C1. The predicted octanol–water partition coefficient (Wildman–Crippen LogP) is 1.78. The van der Waals surface area contributed by atoms with Crippen LogP contribution in [-0.2, 0) is 9.53 Å². The molecule has 1 aromatic rings. The number of anilines is 1. The van der Waals surface area contributed by atoms with Crippen molar-refractivity contribution in [1.82, 2.24) is 5.32 Å². The van der Waals surface area contributed by atoms with Gasteiger partial charge in [-0.2, -0.15) is 0 Å². The fourth-order valence-electron chi connectivity index (χ4n) is 2.30. The minimum atomic E-state index is 0.00191. The number of para-hydroxylation sites is 1. The highest BCUT2D eigenvalue weighted by Gasteiger charge is 2.24. The Kier molecular flexibility index (Phi) is 4.73. The maximum atomic E-state index is 11.7. The zero-order valence-corrected chi connectivity index (χ0v) is 10.7. The summed E-state index contributed by atoms with van der Waals surface area (Å²) in [7, 11) is 1.75. The zero-order valence-electron chi connectivity index (χ0n) is 10.7. The molecule has 2 atom stereocenters. The van der Waals surface area contributed by atoms with Crippen molar-refractivity contribution in [3.05, 3.63) is 30.3 Å². The Hall–Kier alpha value is -1.39. The molecule has 98 valence electrons. The Bertz CT molecular complexity index is 381. The van der Waals surface area contributed by atoms with Gasteiger partial charge in [0.05, 0.1) is 12.6 Å². The molecule has 1 fully saturated rings. The summed E-state index contributed by atoms with van der Waals surface area (Å²) in [6.07, 6.45) is 3.50. The molecular weight excluding hydrogens is 228 g/mol. The first-order chi connectivity index (χ1) is 8.78. The van der Waals surface area contributed by atoms with Crippen molar-refractivity contribution in [3.63, 3.8) is 0 Å². The molecule has 0 bridgehead atoms. The van der Waals surface area contributed by atoms with Gasteiger partial charge in [-0.1, -0.05) is 18.2 Å². The highest BCUT2D eigenvalue weighted by atomic mass is 16.5. The van der Waals surface area contributed by atoms with E-state index >= 15 is 0 Å². The smallest absolute Gasteiger partial charge is 0.238 e. The second-order valence-electron chi connectivity index (χ2n) is 4.66. The van der Waals surface area contributed by atoms with Crippen LogP contribution >= 0.6 is 0 Å². The maximum absolute atomic E-state index is 11.7. The van der Waals surface area contributed by atoms with Crippen molar-refractivity contribution < 1.29 is 9.53 Å². The summed E-state index contributed by atoms with van der Waals surface area (Å²) in [6, 6.07) is 9.91. The van der Waals surface area contributed by atoms with Crippen molar-refractivity contribution in [1.29, 1.82) is 0 Å². The molecule has 4 heteroatoms. The largest absolute Gasteiger partial charge is 0.381 e. The molecule has 1 aromatic carbocycles. The van der Waals surface area contributed by atoms with Crippen molar-refractivity contribution in [2.75, 3.05) is 19.0 Å². The van der Waals surface area contributed by atoms with Gasteiger partial charge in [-0.05, 0) is 31.4 Å². The monoisotopic (exact) mass is 248 g/mol. The third-order valence-electron chi connectivity index (χ3n) is 3.33. The fraction of sp³-hybridized carbons (Fsp3) is 0.500. The lowest BCUT2D eigenvalue weighted by atomic mass is 10.2. The van der Waals surface area contributed by atoms with Gasteiger partial charge in [0.15, 0.2) is 0 Å². The van der Waals surface area contributed by atoms with E-state index in [4.69, 9.17) is 4.74 Å². The number of ether oxygens (including phenoxy) is 1. The van der Waals surface area contributed by atoms with E-state index in [1.807, 2.05) is 30.3 Å². The Morgan fingerprint density at radius 3 is 2.78 bits per heavy atom. The standard InChI is InChI=1S/C14H20N2O2/c1-18-13-8-7-12(9-13)15-10-14(17)16-11-5-3-2-4-6-11/h2-6,12-13,15H,7-10H2,1H3,(H,16,17). The molecule has 0 aliphatic heterocycles. The van der Waals surface area contributed by atoms with Gasteiger partial charge in [-0.25, -0.2) is 0 Å². The van der Waals surface area contributed by atoms with Crippen LogP contribution in [0.25, 0.3) is 0 Å². The van der Waals surface area contributed by atoms with Crippen LogP contribution in [0.1, 0.15) is 19.3 Å². The van der Waals surface area contributed by atoms with E-state index in [9.17, 15) is 4.79 Å². The fourth-order valence-corrected chi connectivity index (χ4v) is 2.30. The lowest BCUT2D eigenvalue weighted by Gasteiger charge is -2.12. The summed E-state index contributed by atoms with van der Waals surface area (Å²) in [5.41, 5.74) is 0.838. The van der Waals surface area contributed by atoms with Crippen LogP contribution in [0, 0.1) is 0 Å². The van der Waals surface area contributed by atoms with E-state index in [2.05, 4.69) is 10.6 Å². The molecule has 1 amide bonds. The molecule has 2 unspecified atom stereocenters. The Morgan fingerprint density at radius 1 is 1.33 bits per heavy atom. The summed E-state index contributed by atoms with van der Waals surface area (Å²) in [5, 5.41) is 6.13.